The molecule has 0 radical (unpaired) electrons. The number of rotatable bonds is 6. The van der Waals surface area contributed by atoms with Gasteiger partial charge in [0.05, 0.1) is 13.0 Å². The van der Waals surface area contributed by atoms with Gasteiger partial charge in [-0.25, -0.2) is 0 Å². The zero-order valence-electron chi connectivity index (χ0n) is 11.1. The smallest absolute Gasteiger partial charge is 0.310 e. The van der Waals surface area contributed by atoms with Gasteiger partial charge >= 0.3 is 5.97 Å². The lowest BCUT2D eigenvalue weighted by molar-refractivity contribution is -0.145. The molecular formula is C13H23NO3. The molecule has 98 valence electrons. The number of hydrogen-bond acceptors (Lipinski definition) is 3. The van der Waals surface area contributed by atoms with Gasteiger partial charge in [-0.2, -0.15) is 0 Å². The van der Waals surface area contributed by atoms with Gasteiger partial charge < -0.3 is 9.64 Å². The van der Waals surface area contributed by atoms with E-state index < -0.39 is 0 Å². The molecule has 0 bridgehead atoms. The molecule has 0 saturated carbocycles. The number of carbonyl (C=O) groups is 2. The summed E-state index contributed by atoms with van der Waals surface area (Å²) in [7, 11) is 1.38. The van der Waals surface area contributed by atoms with E-state index in [0.717, 1.165) is 25.7 Å². The predicted molar refractivity (Wildman–Crippen MR) is 65.4 cm³/mol. The fraction of sp³-hybridized carbons (Fsp3) is 0.846. The molecule has 1 saturated heterocycles. The third-order valence-corrected chi connectivity index (χ3v) is 3.38. The highest BCUT2D eigenvalue weighted by atomic mass is 16.5. The Morgan fingerprint density at radius 3 is 2.47 bits per heavy atom. The lowest BCUT2D eigenvalue weighted by atomic mass is 10.1. The first-order valence-corrected chi connectivity index (χ1v) is 6.51. The van der Waals surface area contributed by atoms with Crippen molar-refractivity contribution < 1.29 is 14.3 Å². The molecule has 0 aromatic rings. The van der Waals surface area contributed by atoms with Crippen molar-refractivity contribution in [1.82, 2.24) is 4.90 Å². The monoisotopic (exact) mass is 241 g/mol. The fourth-order valence-corrected chi connectivity index (χ4v) is 2.53. The van der Waals surface area contributed by atoms with Crippen molar-refractivity contribution in [2.24, 2.45) is 5.92 Å². The molecule has 1 amide bonds. The van der Waals surface area contributed by atoms with Gasteiger partial charge in [-0.1, -0.05) is 26.7 Å². The minimum atomic E-state index is -0.260. The van der Waals surface area contributed by atoms with Gasteiger partial charge in [0.2, 0.25) is 5.91 Å². The van der Waals surface area contributed by atoms with Crippen molar-refractivity contribution in [3.05, 3.63) is 0 Å². The first-order chi connectivity index (χ1) is 8.13. The van der Waals surface area contributed by atoms with Crippen LogP contribution in [0.25, 0.3) is 0 Å². The van der Waals surface area contributed by atoms with E-state index >= 15 is 0 Å². The third kappa shape index (κ3) is 3.45. The minimum Gasteiger partial charge on any atom is -0.469 e. The van der Waals surface area contributed by atoms with Crippen LogP contribution in [0.1, 0.15) is 46.0 Å². The number of methoxy groups -OCH3 is 1. The number of esters is 1. The van der Waals surface area contributed by atoms with E-state index in [1.807, 2.05) is 4.90 Å². The van der Waals surface area contributed by atoms with Crippen LogP contribution in [0.2, 0.25) is 0 Å². The highest BCUT2D eigenvalue weighted by Gasteiger charge is 2.37. The van der Waals surface area contributed by atoms with E-state index in [1.54, 1.807) is 0 Å². The Morgan fingerprint density at radius 2 is 2.00 bits per heavy atom. The van der Waals surface area contributed by atoms with Crippen LogP contribution in [0.15, 0.2) is 0 Å². The molecule has 1 unspecified atom stereocenters. The van der Waals surface area contributed by atoms with Crippen LogP contribution in [-0.2, 0) is 14.3 Å². The van der Waals surface area contributed by atoms with Crippen LogP contribution in [-0.4, -0.2) is 36.5 Å². The van der Waals surface area contributed by atoms with Crippen LogP contribution in [0.4, 0.5) is 0 Å². The lowest BCUT2D eigenvalue weighted by Gasteiger charge is -2.27. The van der Waals surface area contributed by atoms with E-state index in [2.05, 4.69) is 13.8 Å². The van der Waals surface area contributed by atoms with E-state index in [4.69, 9.17) is 4.74 Å². The lowest BCUT2D eigenvalue weighted by Crippen LogP contribution is -2.37. The largest absolute Gasteiger partial charge is 0.469 e. The SMILES string of the molecule is CCCC(CCC)N1CC(C(=O)OC)CC1=O. The molecule has 0 spiro atoms. The first kappa shape index (κ1) is 14.0. The van der Waals surface area contributed by atoms with Crippen molar-refractivity contribution in [3.63, 3.8) is 0 Å². The summed E-state index contributed by atoms with van der Waals surface area (Å²) in [5.74, 6) is -0.413. The van der Waals surface area contributed by atoms with Crippen molar-refractivity contribution in [1.29, 1.82) is 0 Å². The molecule has 4 heteroatoms. The van der Waals surface area contributed by atoms with Gasteiger partial charge in [-0.05, 0) is 12.8 Å². The summed E-state index contributed by atoms with van der Waals surface area (Å²) in [5.41, 5.74) is 0. The molecule has 1 heterocycles. The first-order valence-electron chi connectivity index (χ1n) is 6.51. The maximum absolute atomic E-state index is 11.9. The number of amides is 1. The maximum Gasteiger partial charge on any atom is 0.310 e. The summed E-state index contributed by atoms with van der Waals surface area (Å²) in [6.07, 6.45) is 4.49. The number of carbonyl (C=O) groups excluding carboxylic acids is 2. The molecule has 17 heavy (non-hydrogen) atoms. The highest BCUT2D eigenvalue weighted by molar-refractivity contribution is 5.86. The molecule has 1 fully saturated rings. The number of nitrogens with zero attached hydrogens (tertiary/aromatic N) is 1. The van der Waals surface area contributed by atoms with Crippen LogP contribution in [0, 0.1) is 5.92 Å². The van der Waals surface area contributed by atoms with Crippen molar-refractivity contribution >= 4 is 11.9 Å². The summed E-state index contributed by atoms with van der Waals surface area (Å²) in [4.78, 5) is 25.2. The molecule has 1 aliphatic heterocycles. The third-order valence-electron chi connectivity index (χ3n) is 3.38. The molecular weight excluding hydrogens is 218 g/mol. The van der Waals surface area contributed by atoms with Crippen LogP contribution in [0.3, 0.4) is 0 Å². The summed E-state index contributed by atoms with van der Waals surface area (Å²) in [6.45, 7) is 4.79. The summed E-state index contributed by atoms with van der Waals surface area (Å²) < 4.78 is 4.71. The van der Waals surface area contributed by atoms with Gasteiger partial charge in [-0.3, -0.25) is 9.59 Å². The Morgan fingerprint density at radius 1 is 1.41 bits per heavy atom. The molecule has 0 aliphatic carbocycles. The molecule has 0 N–H and O–H groups in total. The predicted octanol–water partition coefficient (Wildman–Crippen LogP) is 1.98. The fourth-order valence-electron chi connectivity index (χ4n) is 2.53. The Hall–Kier alpha value is -1.06. The highest BCUT2D eigenvalue weighted by Crippen LogP contribution is 2.25. The minimum absolute atomic E-state index is 0.104. The zero-order chi connectivity index (χ0) is 12.8. The Kier molecular flexibility index (Phi) is 5.45. The van der Waals surface area contributed by atoms with Crippen LogP contribution >= 0.6 is 0 Å². The van der Waals surface area contributed by atoms with E-state index in [0.29, 0.717) is 19.0 Å². The second kappa shape index (κ2) is 6.62. The van der Waals surface area contributed by atoms with Gasteiger partial charge in [0.25, 0.3) is 0 Å². The number of ether oxygens (including phenoxy) is 1. The second-order valence-corrected chi connectivity index (χ2v) is 4.70. The Bertz CT molecular complexity index is 272. The molecule has 0 aromatic carbocycles. The quantitative estimate of drug-likeness (QED) is 0.668. The number of hydrogen-bond donors (Lipinski definition) is 0. The van der Waals surface area contributed by atoms with Gasteiger partial charge in [0.15, 0.2) is 0 Å². The van der Waals surface area contributed by atoms with Crippen LogP contribution in [0.5, 0.6) is 0 Å². The van der Waals surface area contributed by atoms with Crippen molar-refractivity contribution in [2.75, 3.05) is 13.7 Å². The van der Waals surface area contributed by atoms with Crippen molar-refractivity contribution in [3.8, 4) is 0 Å². The summed E-state index contributed by atoms with van der Waals surface area (Å²) in [6, 6.07) is 0.298. The van der Waals surface area contributed by atoms with Crippen LogP contribution < -0.4 is 0 Å². The van der Waals surface area contributed by atoms with Gasteiger partial charge in [0.1, 0.15) is 0 Å². The Balaban J connectivity index is 2.63. The Labute approximate surface area is 103 Å². The molecule has 1 atom stereocenters. The molecule has 1 rings (SSSR count). The van der Waals surface area contributed by atoms with Crippen molar-refractivity contribution in [2.45, 2.75) is 52.0 Å². The van der Waals surface area contributed by atoms with E-state index in [-0.39, 0.29) is 17.8 Å². The topological polar surface area (TPSA) is 46.6 Å². The average molecular weight is 241 g/mol. The summed E-state index contributed by atoms with van der Waals surface area (Å²) >= 11 is 0. The van der Waals surface area contributed by atoms with Gasteiger partial charge in [0, 0.05) is 19.0 Å². The van der Waals surface area contributed by atoms with Gasteiger partial charge in [-0.15, -0.1) is 0 Å². The maximum atomic E-state index is 11.9. The summed E-state index contributed by atoms with van der Waals surface area (Å²) in [5, 5.41) is 0. The normalized spacial score (nSPS) is 20.1. The number of likely N-dealkylation sites (tertiary alicyclic amines) is 1. The van der Waals surface area contributed by atoms with E-state index in [9.17, 15) is 9.59 Å². The van der Waals surface area contributed by atoms with E-state index in [1.165, 1.54) is 7.11 Å². The average Bonchev–Trinajstić information content (AvgIpc) is 2.70. The molecule has 0 aromatic heterocycles. The molecule has 1 aliphatic rings. The zero-order valence-corrected chi connectivity index (χ0v) is 11.1. The molecule has 4 nitrogen and oxygen atoms in total. The standard InChI is InChI=1S/C13H23NO3/c1-4-6-11(7-5-2)14-9-10(8-12(14)15)13(16)17-3/h10-11H,4-9H2,1-3H3. The second-order valence-electron chi connectivity index (χ2n) is 4.70.